The molecule has 2 aromatic carbocycles. The van der Waals surface area contributed by atoms with Gasteiger partial charge < -0.3 is 21.1 Å². The minimum absolute atomic E-state index is 0.101. The molecule has 2 aliphatic rings. The molecule has 35 heavy (non-hydrogen) atoms. The third kappa shape index (κ3) is 5.47. The molecule has 2 amide bonds. The smallest absolute Gasteiger partial charge is 0.241 e. The van der Waals surface area contributed by atoms with Gasteiger partial charge in [-0.3, -0.25) is 15.0 Å². The molecule has 1 saturated carbocycles. The van der Waals surface area contributed by atoms with Gasteiger partial charge in [-0.1, -0.05) is 42.8 Å². The van der Waals surface area contributed by atoms with Gasteiger partial charge in [0.05, 0.1) is 29.4 Å². The van der Waals surface area contributed by atoms with Gasteiger partial charge in [-0.05, 0) is 37.1 Å². The molecule has 4 atom stereocenters. The molecular formula is C24H31N5O5S. The van der Waals surface area contributed by atoms with Gasteiger partial charge in [-0.2, -0.15) is 4.72 Å². The number of hydrogen-bond acceptors (Lipinski definition) is 6. The Morgan fingerprint density at radius 2 is 1.86 bits per heavy atom. The summed E-state index contributed by atoms with van der Waals surface area (Å²) >= 11 is 0. The Morgan fingerprint density at radius 3 is 2.63 bits per heavy atom. The molecule has 0 aromatic heterocycles. The van der Waals surface area contributed by atoms with Crippen molar-refractivity contribution in [1.82, 2.24) is 14.9 Å². The first kappa shape index (κ1) is 25.1. The van der Waals surface area contributed by atoms with Gasteiger partial charge in [0, 0.05) is 17.8 Å². The van der Waals surface area contributed by atoms with E-state index >= 15 is 0 Å². The highest BCUT2D eigenvalue weighted by atomic mass is 32.2. The van der Waals surface area contributed by atoms with Gasteiger partial charge in [0.1, 0.15) is 6.04 Å². The molecular weight excluding hydrogens is 470 g/mol. The average molecular weight is 502 g/mol. The second kappa shape index (κ2) is 10.3. The lowest BCUT2D eigenvalue weighted by Gasteiger charge is -2.36. The Bertz CT molecular complexity index is 1230. The summed E-state index contributed by atoms with van der Waals surface area (Å²) in [4.78, 5) is 27.2. The molecule has 0 bridgehead atoms. The maximum absolute atomic E-state index is 13.2. The SMILES string of the molecule is N=C(N)C1CCC[C@H](NC(=O)CN2CCC[C@H](NS(=O)(=O)c3cccc4ccccc34)C2=O)[C@@H]1O. The Hall–Kier alpha value is -3.02. The van der Waals surface area contributed by atoms with Crippen molar-refractivity contribution < 1.29 is 23.1 Å². The average Bonchev–Trinajstić information content (AvgIpc) is 2.82. The molecule has 1 saturated heterocycles. The van der Waals surface area contributed by atoms with E-state index in [2.05, 4.69) is 10.0 Å². The maximum atomic E-state index is 13.2. The molecule has 1 aliphatic heterocycles. The number of amides is 2. The fraction of sp³-hybridized carbons (Fsp3) is 0.458. The lowest BCUT2D eigenvalue weighted by molar-refractivity contribution is -0.140. The maximum Gasteiger partial charge on any atom is 0.241 e. The van der Waals surface area contributed by atoms with Crippen LogP contribution in [0.25, 0.3) is 10.8 Å². The van der Waals surface area contributed by atoms with Crippen LogP contribution in [0.1, 0.15) is 32.1 Å². The highest BCUT2D eigenvalue weighted by Crippen LogP contribution is 2.26. The summed E-state index contributed by atoms with van der Waals surface area (Å²) in [6.07, 6.45) is 1.78. The summed E-state index contributed by atoms with van der Waals surface area (Å²) in [5, 5.41) is 22.2. The summed E-state index contributed by atoms with van der Waals surface area (Å²) in [6, 6.07) is 10.6. The largest absolute Gasteiger partial charge is 0.390 e. The van der Waals surface area contributed by atoms with Crippen molar-refractivity contribution in [3.8, 4) is 0 Å². The second-order valence-corrected chi connectivity index (χ2v) is 10.9. The number of piperidine rings is 1. The van der Waals surface area contributed by atoms with Crippen LogP contribution in [-0.2, 0) is 19.6 Å². The van der Waals surface area contributed by atoms with Crippen LogP contribution in [0.4, 0.5) is 0 Å². The molecule has 0 spiro atoms. The van der Waals surface area contributed by atoms with E-state index in [-0.39, 0.29) is 17.3 Å². The summed E-state index contributed by atoms with van der Waals surface area (Å²) in [7, 11) is -3.98. The number of nitrogens with zero attached hydrogens (tertiary/aromatic N) is 1. The van der Waals surface area contributed by atoms with Gasteiger partial charge in [0.25, 0.3) is 0 Å². The fourth-order valence-corrected chi connectivity index (χ4v) is 6.44. The quantitative estimate of drug-likeness (QED) is 0.277. The highest BCUT2D eigenvalue weighted by molar-refractivity contribution is 7.89. The lowest BCUT2D eigenvalue weighted by Crippen LogP contribution is -2.57. The summed E-state index contributed by atoms with van der Waals surface area (Å²) in [6.45, 7) is 0.0985. The third-order valence-corrected chi connectivity index (χ3v) is 8.33. The van der Waals surface area contributed by atoms with Crippen LogP contribution < -0.4 is 15.8 Å². The third-order valence-electron chi connectivity index (χ3n) is 6.80. The number of nitrogens with one attached hydrogen (secondary N) is 3. The molecule has 10 nitrogen and oxygen atoms in total. The zero-order valence-electron chi connectivity index (χ0n) is 19.3. The van der Waals surface area contributed by atoms with Gasteiger partial charge in [-0.15, -0.1) is 0 Å². The van der Waals surface area contributed by atoms with E-state index in [1.165, 1.54) is 11.0 Å². The molecule has 11 heteroatoms. The van der Waals surface area contributed by atoms with Crippen molar-refractivity contribution >= 4 is 38.4 Å². The zero-order chi connectivity index (χ0) is 25.2. The first-order valence-corrected chi connectivity index (χ1v) is 13.3. The van der Waals surface area contributed by atoms with Gasteiger partial charge in [0.15, 0.2) is 0 Å². The first-order chi connectivity index (χ1) is 16.7. The van der Waals surface area contributed by atoms with Crippen molar-refractivity contribution in [3.63, 3.8) is 0 Å². The van der Waals surface area contributed by atoms with Crippen LogP contribution in [-0.4, -0.2) is 67.4 Å². The minimum atomic E-state index is -3.98. The number of benzene rings is 2. The Kier molecular flexibility index (Phi) is 7.39. The molecule has 2 aromatic rings. The number of aliphatic hydroxyl groups is 1. The van der Waals surface area contributed by atoms with Crippen LogP contribution in [0.15, 0.2) is 47.4 Å². The molecule has 1 heterocycles. The predicted octanol–water partition coefficient (Wildman–Crippen LogP) is 0.691. The Labute approximate surface area is 204 Å². The van der Waals surface area contributed by atoms with Gasteiger partial charge in [0.2, 0.25) is 21.8 Å². The highest BCUT2D eigenvalue weighted by Gasteiger charge is 2.36. The van der Waals surface area contributed by atoms with E-state index in [9.17, 15) is 23.1 Å². The number of rotatable bonds is 7. The molecule has 4 rings (SSSR count). The van der Waals surface area contributed by atoms with Crippen LogP contribution in [0.5, 0.6) is 0 Å². The molecule has 2 fully saturated rings. The molecule has 1 unspecified atom stereocenters. The van der Waals surface area contributed by atoms with E-state index in [0.717, 1.165) is 5.39 Å². The van der Waals surface area contributed by atoms with Crippen molar-refractivity contribution in [3.05, 3.63) is 42.5 Å². The Morgan fingerprint density at radius 1 is 1.11 bits per heavy atom. The molecule has 188 valence electrons. The standard InChI is InChI=1S/C24H31N5O5S/c25-23(26)17-9-4-10-18(22(17)31)27-21(30)14-29-13-5-11-19(24(29)32)28-35(33,34)20-12-3-7-15-6-1-2-8-16(15)20/h1-3,6-8,12,17-19,22,28,31H,4-5,9-11,13-14H2,(H3,25,26)(H,27,30)/t17?,18-,19-,22+/m0/s1. The second-order valence-electron chi connectivity index (χ2n) is 9.21. The van der Waals surface area contributed by atoms with Crippen LogP contribution in [0.2, 0.25) is 0 Å². The van der Waals surface area contributed by atoms with Crippen molar-refractivity contribution in [2.24, 2.45) is 11.7 Å². The monoisotopic (exact) mass is 501 g/mol. The normalized spacial score (nSPS) is 25.4. The number of fused-ring (bicyclic) bond motifs is 1. The minimum Gasteiger partial charge on any atom is -0.390 e. The number of hydrogen-bond donors (Lipinski definition) is 5. The number of likely N-dealkylation sites (tertiary alicyclic amines) is 1. The van der Waals surface area contributed by atoms with E-state index in [4.69, 9.17) is 11.1 Å². The van der Waals surface area contributed by atoms with Crippen LogP contribution in [0.3, 0.4) is 0 Å². The first-order valence-electron chi connectivity index (χ1n) is 11.8. The summed E-state index contributed by atoms with van der Waals surface area (Å²) in [5.41, 5.74) is 5.56. The molecule has 0 radical (unpaired) electrons. The fourth-order valence-electron chi connectivity index (χ4n) is 4.99. The van der Waals surface area contributed by atoms with Crippen molar-refractivity contribution in [1.29, 1.82) is 5.41 Å². The number of carbonyl (C=O) groups excluding carboxylic acids is 2. The van der Waals surface area contributed by atoms with Crippen LogP contribution in [0, 0.1) is 11.3 Å². The number of amidine groups is 1. The van der Waals surface area contributed by atoms with E-state index in [0.29, 0.717) is 44.0 Å². The van der Waals surface area contributed by atoms with Crippen molar-refractivity contribution in [2.45, 2.75) is 55.2 Å². The van der Waals surface area contributed by atoms with Gasteiger partial charge >= 0.3 is 0 Å². The number of nitrogens with two attached hydrogens (primary N) is 1. The van der Waals surface area contributed by atoms with Gasteiger partial charge in [-0.25, -0.2) is 8.42 Å². The zero-order valence-corrected chi connectivity index (χ0v) is 20.1. The topological polar surface area (TPSA) is 166 Å². The predicted molar refractivity (Wildman–Crippen MR) is 131 cm³/mol. The van der Waals surface area contributed by atoms with E-state index in [1.807, 2.05) is 18.2 Å². The number of aliphatic hydroxyl groups excluding tert-OH is 1. The lowest BCUT2D eigenvalue weighted by atomic mass is 9.82. The number of carbonyl (C=O) groups is 2. The number of sulfonamides is 1. The molecule has 1 aliphatic carbocycles. The van der Waals surface area contributed by atoms with Crippen molar-refractivity contribution in [2.75, 3.05) is 13.1 Å². The summed E-state index contributed by atoms with van der Waals surface area (Å²) in [5.74, 6) is -1.51. The summed E-state index contributed by atoms with van der Waals surface area (Å²) < 4.78 is 28.8. The molecule has 6 N–H and O–H groups in total. The van der Waals surface area contributed by atoms with E-state index in [1.54, 1.807) is 18.2 Å². The Balaban J connectivity index is 1.41. The van der Waals surface area contributed by atoms with E-state index < -0.39 is 45.9 Å². The van der Waals surface area contributed by atoms with Crippen LogP contribution >= 0.6 is 0 Å².